The van der Waals surface area contributed by atoms with Crippen LogP contribution in [0.5, 0.6) is 0 Å². The number of pyridine rings is 1. The molecule has 1 aromatic carbocycles. The molecule has 1 atom stereocenters. The van der Waals surface area contributed by atoms with Crippen molar-refractivity contribution in [3.05, 3.63) is 54.4 Å². The Morgan fingerprint density at radius 2 is 2.00 bits per heavy atom. The smallest absolute Gasteiger partial charge is 0.0447 e. The average Bonchev–Trinajstić information content (AvgIpc) is 2.49. The van der Waals surface area contributed by atoms with Crippen LogP contribution < -0.4 is 10.6 Å². The van der Waals surface area contributed by atoms with Crippen molar-refractivity contribution in [2.75, 3.05) is 19.6 Å². The zero-order valence-electron chi connectivity index (χ0n) is 10.2. The van der Waals surface area contributed by atoms with Gasteiger partial charge in [0.25, 0.3) is 0 Å². The summed E-state index contributed by atoms with van der Waals surface area (Å²) < 4.78 is 0. The summed E-state index contributed by atoms with van der Waals surface area (Å²) in [5.41, 5.74) is 3.63. The van der Waals surface area contributed by atoms with Gasteiger partial charge in [0.2, 0.25) is 0 Å². The molecule has 1 unspecified atom stereocenters. The van der Waals surface area contributed by atoms with Crippen molar-refractivity contribution in [1.82, 2.24) is 15.6 Å². The van der Waals surface area contributed by atoms with Gasteiger partial charge >= 0.3 is 0 Å². The topological polar surface area (TPSA) is 37.0 Å². The third-order valence-electron chi connectivity index (χ3n) is 3.29. The standard InChI is InChI=1S/C15H16N3/c1-2-14(10-16-7-1)12-3-5-13(6-4-12)15-11-17-8-9-18-15/h2-7,10,15,17-18H,8-9,11H2. The van der Waals surface area contributed by atoms with Gasteiger partial charge in [0.15, 0.2) is 0 Å². The number of aromatic nitrogens is 1. The van der Waals surface area contributed by atoms with E-state index in [9.17, 15) is 0 Å². The third-order valence-corrected chi connectivity index (χ3v) is 3.29. The fraction of sp³-hybridized carbons (Fsp3) is 0.267. The zero-order valence-corrected chi connectivity index (χ0v) is 10.2. The Hall–Kier alpha value is -1.71. The maximum Gasteiger partial charge on any atom is 0.0447 e. The van der Waals surface area contributed by atoms with Gasteiger partial charge in [-0.05, 0) is 17.2 Å². The van der Waals surface area contributed by atoms with Gasteiger partial charge < -0.3 is 10.6 Å². The molecular weight excluding hydrogens is 222 g/mol. The maximum atomic E-state index is 4.10. The Morgan fingerprint density at radius 3 is 2.67 bits per heavy atom. The number of piperazine rings is 1. The second-order valence-corrected chi connectivity index (χ2v) is 4.51. The van der Waals surface area contributed by atoms with Crippen molar-refractivity contribution in [3.63, 3.8) is 0 Å². The molecule has 0 amide bonds. The summed E-state index contributed by atoms with van der Waals surface area (Å²) >= 11 is 0. The lowest BCUT2D eigenvalue weighted by atomic mass is 10.0. The second-order valence-electron chi connectivity index (χ2n) is 4.51. The molecule has 1 radical (unpaired) electrons. The molecule has 1 aliphatic heterocycles. The van der Waals surface area contributed by atoms with E-state index in [1.165, 1.54) is 11.1 Å². The highest BCUT2D eigenvalue weighted by Gasteiger charge is 2.13. The van der Waals surface area contributed by atoms with E-state index in [2.05, 4.69) is 45.9 Å². The number of benzene rings is 1. The van der Waals surface area contributed by atoms with Gasteiger partial charge in [-0.2, -0.15) is 0 Å². The average molecular weight is 238 g/mol. The molecule has 1 aromatic heterocycles. The number of hydrogen-bond acceptors (Lipinski definition) is 3. The number of nitrogens with one attached hydrogen (secondary N) is 2. The minimum Gasteiger partial charge on any atom is -0.314 e. The largest absolute Gasteiger partial charge is 0.314 e. The lowest BCUT2D eigenvalue weighted by Crippen LogP contribution is -2.42. The Balaban J connectivity index is 1.80. The predicted molar refractivity (Wildman–Crippen MR) is 72.1 cm³/mol. The number of nitrogens with zero attached hydrogens (tertiary/aromatic N) is 1. The van der Waals surface area contributed by atoms with Crippen LogP contribution >= 0.6 is 0 Å². The monoisotopic (exact) mass is 238 g/mol. The van der Waals surface area contributed by atoms with E-state index in [-0.39, 0.29) is 0 Å². The molecule has 2 heterocycles. The SMILES string of the molecule is [c]1cncc(-c2ccc(C3CNCCN3)cc2)c1. The molecule has 1 aliphatic rings. The third kappa shape index (κ3) is 2.42. The van der Waals surface area contributed by atoms with Crippen LogP contribution in [0.25, 0.3) is 11.1 Å². The Morgan fingerprint density at radius 1 is 1.11 bits per heavy atom. The van der Waals surface area contributed by atoms with Crippen LogP contribution in [0.1, 0.15) is 11.6 Å². The Bertz CT molecular complexity index is 487. The molecule has 91 valence electrons. The normalized spacial score (nSPS) is 19.7. The molecule has 0 spiro atoms. The first-order valence-electron chi connectivity index (χ1n) is 6.29. The number of rotatable bonds is 2. The molecule has 0 aliphatic carbocycles. The zero-order chi connectivity index (χ0) is 12.2. The van der Waals surface area contributed by atoms with E-state index in [0.717, 1.165) is 25.2 Å². The highest BCUT2D eigenvalue weighted by molar-refractivity contribution is 5.62. The summed E-state index contributed by atoms with van der Waals surface area (Å²) in [5, 5.41) is 6.92. The summed E-state index contributed by atoms with van der Waals surface area (Å²) in [7, 11) is 0. The first kappa shape index (κ1) is 11.4. The van der Waals surface area contributed by atoms with Crippen molar-refractivity contribution >= 4 is 0 Å². The molecule has 2 N–H and O–H groups in total. The molecular formula is C15H16N3. The highest BCUT2D eigenvalue weighted by atomic mass is 15.1. The maximum absolute atomic E-state index is 4.10. The van der Waals surface area contributed by atoms with Crippen LogP contribution in [0.4, 0.5) is 0 Å². The Kier molecular flexibility index (Phi) is 3.35. The predicted octanol–water partition coefficient (Wildman–Crippen LogP) is 1.78. The number of hydrogen-bond donors (Lipinski definition) is 2. The molecule has 1 saturated heterocycles. The molecule has 3 rings (SSSR count). The summed E-state index contributed by atoms with van der Waals surface area (Å²) in [6.07, 6.45) is 3.54. The van der Waals surface area contributed by atoms with E-state index < -0.39 is 0 Å². The minimum atomic E-state index is 0.424. The molecule has 0 bridgehead atoms. The van der Waals surface area contributed by atoms with Crippen molar-refractivity contribution in [2.45, 2.75) is 6.04 Å². The van der Waals surface area contributed by atoms with Crippen molar-refractivity contribution in [3.8, 4) is 11.1 Å². The summed E-state index contributed by atoms with van der Waals surface area (Å²) in [5.74, 6) is 0. The lowest BCUT2D eigenvalue weighted by Gasteiger charge is -2.25. The first-order valence-corrected chi connectivity index (χ1v) is 6.29. The molecule has 1 fully saturated rings. The molecule has 2 aromatic rings. The van der Waals surface area contributed by atoms with E-state index in [4.69, 9.17) is 0 Å². The van der Waals surface area contributed by atoms with Gasteiger partial charge in [-0.15, -0.1) is 0 Å². The van der Waals surface area contributed by atoms with E-state index in [1.807, 2.05) is 12.3 Å². The van der Waals surface area contributed by atoms with Crippen LogP contribution in [0.3, 0.4) is 0 Å². The minimum absolute atomic E-state index is 0.424. The molecule has 3 heteroatoms. The van der Waals surface area contributed by atoms with Gasteiger partial charge in [0.05, 0.1) is 0 Å². The molecule has 18 heavy (non-hydrogen) atoms. The summed E-state index contributed by atoms with van der Waals surface area (Å²) in [6, 6.07) is 14.1. The Labute approximate surface area is 107 Å². The quantitative estimate of drug-likeness (QED) is 0.837. The van der Waals surface area contributed by atoms with Crippen molar-refractivity contribution < 1.29 is 0 Å². The van der Waals surface area contributed by atoms with Crippen LogP contribution in [0.15, 0.2) is 42.7 Å². The van der Waals surface area contributed by atoms with Gasteiger partial charge in [-0.1, -0.05) is 24.3 Å². The van der Waals surface area contributed by atoms with Gasteiger partial charge in [0, 0.05) is 49.7 Å². The van der Waals surface area contributed by atoms with Crippen LogP contribution in [-0.4, -0.2) is 24.6 Å². The van der Waals surface area contributed by atoms with Crippen LogP contribution in [-0.2, 0) is 0 Å². The van der Waals surface area contributed by atoms with Crippen LogP contribution in [0.2, 0.25) is 0 Å². The van der Waals surface area contributed by atoms with Crippen molar-refractivity contribution in [1.29, 1.82) is 0 Å². The molecule has 3 nitrogen and oxygen atoms in total. The summed E-state index contributed by atoms with van der Waals surface area (Å²) in [6.45, 7) is 3.09. The molecule has 0 saturated carbocycles. The van der Waals surface area contributed by atoms with Gasteiger partial charge in [0.1, 0.15) is 0 Å². The van der Waals surface area contributed by atoms with Crippen molar-refractivity contribution in [2.24, 2.45) is 0 Å². The summed E-state index contributed by atoms with van der Waals surface area (Å²) in [4.78, 5) is 4.10. The first-order chi connectivity index (χ1) is 8.93. The lowest BCUT2D eigenvalue weighted by molar-refractivity contribution is 0.430. The van der Waals surface area contributed by atoms with E-state index in [1.54, 1.807) is 6.20 Å². The van der Waals surface area contributed by atoms with E-state index in [0.29, 0.717) is 6.04 Å². The fourth-order valence-electron chi connectivity index (χ4n) is 2.28. The van der Waals surface area contributed by atoms with Gasteiger partial charge in [-0.25, -0.2) is 0 Å². The van der Waals surface area contributed by atoms with Crippen LogP contribution in [0, 0.1) is 6.07 Å². The fourth-order valence-corrected chi connectivity index (χ4v) is 2.28. The highest BCUT2D eigenvalue weighted by Crippen LogP contribution is 2.21. The van der Waals surface area contributed by atoms with Gasteiger partial charge in [-0.3, -0.25) is 4.98 Å². The van der Waals surface area contributed by atoms with E-state index >= 15 is 0 Å². The second kappa shape index (κ2) is 5.29.